The summed E-state index contributed by atoms with van der Waals surface area (Å²) < 4.78 is 19.5. The summed E-state index contributed by atoms with van der Waals surface area (Å²) in [5.41, 5.74) is 2.86. The number of piperazine rings is 1. The highest BCUT2D eigenvalue weighted by molar-refractivity contribution is 6.30. The number of carbonyl (C=O) groups excluding carboxylic acids is 2. The van der Waals surface area contributed by atoms with Gasteiger partial charge in [-0.15, -0.1) is 4.98 Å². The molecule has 0 bridgehead atoms. The zero-order valence-electron chi connectivity index (χ0n) is 19.9. The first kappa shape index (κ1) is 25.2. The number of ether oxygens (including phenoxy) is 1. The van der Waals surface area contributed by atoms with Crippen molar-refractivity contribution in [3.63, 3.8) is 0 Å². The molecule has 7 nitrogen and oxygen atoms in total. The number of Topliss-reactive ketones (excluding diaryl/α,β-unsaturated/α-hetero) is 1. The first-order valence-corrected chi connectivity index (χ1v) is 12.1. The van der Waals surface area contributed by atoms with Gasteiger partial charge in [0.05, 0.1) is 5.56 Å². The monoisotopic (exact) mass is 498 g/mol. The van der Waals surface area contributed by atoms with E-state index in [4.69, 9.17) is 22.9 Å². The van der Waals surface area contributed by atoms with Crippen LogP contribution in [0.1, 0.15) is 46.8 Å². The number of carbonyl (C=O) groups is 2. The van der Waals surface area contributed by atoms with Gasteiger partial charge >= 0.3 is 5.82 Å². The minimum Gasteiger partial charge on any atom is -0.368 e. The maximum absolute atomic E-state index is 13.9. The molecule has 0 spiro atoms. The summed E-state index contributed by atoms with van der Waals surface area (Å²) in [6, 6.07) is 4.80. The molecule has 35 heavy (non-hydrogen) atoms. The Morgan fingerprint density at radius 1 is 1.29 bits per heavy atom. The Bertz CT molecular complexity index is 1180. The lowest BCUT2D eigenvalue weighted by Gasteiger charge is -2.41. The number of nitrogens with zero attached hydrogens (tertiary/aromatic N) is 4. The Hall–Kier alpha value is -2.86. The average molecular weight is 499 g/mol. The molecule has 2 fully saturated rings. The van der Waals surface area contributed by atoms with Gasteiger partial charge in [-0.3, -0.25) is 14.5 Å². The smallest absolute Gasteiger partial charge is 0.305 e. The van der Waals surface area contributed by atoms with Crippen molar-refractivity contribution in [3.05, 3.63) is 68.9 Å². The van der Waals surface area contributed by atoms with Crippen molar-refractivity contribution in [2.24, 2.45) is 0 Å². The molecule has 2 atom stereocenters. The van der Waals surface area contributed by atoms with Crippen molar-refractivity contribution in [2.45, 2.75) is 51.8 Å². The van der Waals surface area contributed by atoms with Gasteiger partial charge in [0, 0.05) is 50.3 Å². The maximum Gasteiger partial charge on any atom is 0.305 e. The van der Waals surface area contributed by atoms with Gasteiger partial charge in [-0.05, 0) is 61.6 Å². The number of hydrogen-bond donors (Lipinski definition) is 0. The second-order valence-corrected chi connectivity index (χ2v) is 9.64. The Morgan fingerprint density at radius 3 is 2.71 bits per heavy atom. The van der Waals surface area contributed by atoms with E-state index in [1.807, 2.05) is 17.9 Å². The van der Waals surface area contributed by atoms with Crippen molar-refractivity contribution < 1.29 is 18.7 Å². The third-order valence-corrected chi connectivity index (χ3v) is 7.00. The van der Waals surface area contributed by atoms with E-state index in [0.29, 0.717) is 24.7 Å². The van der Waals surface area contributed by atoms with E-state index in [1.165, 1.54) is 6.20 Å². The van der Waals surface area contributed by atoms with Crippen molar-refractivity contribution in [3.8, 4) is 0 Å². The minimum absolute atomic E-state index is 0.0535. The second-order valence-electron chi connectivity index (χ2n) is 9.21. The molecule has 2 saturated heterocycles. The molecule has 2 aromatic rings. The van der Waals surface area contributed by atoms with Crippen LogP contribution in [-0.2, 0) is 22.5 Å². The Balaban J connectivity index is 1.43. The van der Waals surface area contributed by atoms with Crippen LogP contribution < -0.4 is 0 Å². The van der Waals surface area contributed by atoms with Crippen molar-refractivity contribution in [1.29, 1.82) is 0 Å². The summed E-state index contributed by atoms with van der Waals surface area (Å²) in [4.78, 5) is 36.5. The standard InChI is InChI=1S/C26H28ClFN4O3/c1-16-14-31(6-7-32(16)26(34)24-5-4-8-35-24)15-20-10-21(27)9-18(17(20)2)12-23(33)19-11-22(28)25(29-3)30-13-19/h9-11,13,16,24H,4-8,12,14-15H2,1-2H3/t16-,24-/m0/s1. The summed E-state index contributed by atoms with van der Waals surface area (Å²) >= 11 is 6.40. The van der Waals surface area contributed by atoms with Crippen molar-refractivity contribution >= 4 is 29.1 Å². The summed E-state index contributed by atoms with van der Waals surface area (Å²) in [6.07, 6.45) is 2.71. The van der Waals surface area contributed by atoms with Gasteiger partial charge in [-0.25, -0.2) is 4.39 Å². The molecule has 0 N–H and O–H groups in total. The summed E-state index contributed by atoms with van der Waals surface area (Å²) in [5.74, 6) is -1.36. The molecule has 3 heterocycles. The van der Waals surface area contributed by atoms with Crippen LogP contribution in [0.25, 0.3) is 4.85 Å². The molecule has 1 aromatic carbocycles. The number of benzene rings is 1. The topological polar surface area (TPSA) is 67.1 Å². The molecule has 184 valence electrons. The molecule has 1 aromatic heterocycles. The molecule has 0 radical (unpaired) electrons. The third-order valence-electron chi connectivity index (χ3n) is 6.78. The SMILES string of the molecule is [C-]#[N+]c1ncc(C(=O)Cc2cc(Cl)cc(CN3CCN(C(=O)[C@@H]4CCCO4)[C@@H](C)C3)c2C)cc1F. The van der Waals surface area contributed by atoms with Crippen molar-refractivity contribution in [1.82, 2.24) is 14.8 Å². The van der Waals surface area contributed by atoms with E-state index in [9.17, 15) is 14.0 Å². The predicted molar refractivity (Wildman–Crippen MR) is 130 cm³/mol. The lowest BCUT2D eigenvalue weighted by molar-refractivity contribution is -0.145. The van der Waals surface area contributed by atoms with Crippen LogP contribution in [0.15, 0.2) is 24.4 Å². The Kier molecular flexibility index (Phi) is 7.80. The van der Waals surface area contributed by atoms with E-state index < -0.39 is 5.82 Å². The zero-order valence-corrected chi connectivity index (χ0v) is 20.6. The van der Waals surface area contributed by atoms with Gasteiger partial charge in [-0.2, -0.15) is 0 Å². The fourth-order valence-electron chi connectivity index (χ4n) is 4.79. The molecule has 0 unspecified atom stereocenters. The summed E-state index contributed by atoms with van der Waals surface area (Å²) in [5, 5.41) is 0.529. The lowest BCUT2D eigenvalue weighted by Crippen LogP contribution is -2.55. The van der Waals surface area contributed by atoms with Crippen LogP contribution in [0, 0.1) is 19.3 Å². The van der Waals surface area contributed by atoms with Crippen LogP contribution in [0.5, 0.6) is 0 Å². The van der Waals surface area contributed by atoms with Gasteiger partial charge in [-0.1, -0.05) is 18.2 Å². The number of rotatable bonds is 6. The quantitative estimate of drug-likeness (QED) is 0.437. The zero-order chi connectivity index (χ0) is 25.1. The molecule has 9 heteroatoms. The molecular weight excluding hydrogens is 471 g/mol. The molecular formula is C26H28ClFN4O3. The van der Waals surface area contributed by atoms with Crippen LogP contribution >= 0.6 is 11.6 Å². The van der Waals surface area contributed by atoms with Crippen LogP contribution in [0.4, 0.5) is 10.2 Å². The van der Waals surface area contributed by atoms with Gasteiger partial charge in [0.15, 0.2) is 11.6 Å². The number of ketones is 1. The molecule has 2 aliphatic heterocycles. The van der Waals surface area contributed by atoms with Gasteiger partial charge in [0.1, 0.15) is 12.3 Å². The van der Waals surface area contributed by atoms with Gasteiger partial charge in [0.2, 0.25) is 0 Å². The van der Waals surface area contributed by atoms with Crippen LogP contribution in [0.3, 0.4) is 0 Å². The number of aromatic nitrogens is 1. The second kappa shape index (κ2) is 10.8. The minimum atomic E-state index is -0.805. The van der Waals surface area contributed by atoms with Crippen LogP contribution in [0.2, 0.25) is 5.02 Å². The van der Waals surface area contributed by atoms with E-state index in [2.05, 4.69) is 21.7 Å². The summed E-state index contributed by atoms with van der Waals surface area (Å²) in [6.45, 7) is 14.3. The molecule has 0 saturated carbocycles. The van der Waals surface area contributed by atoms with Gasteiger partial charge < -0.3 is 14.5 Å². The van der Waals surface area contributed by atoms with Crippen LogP contribution in [-0.4, -0.2) is 64.9 Å². The number of pyridine rings is 1. The van der Waals surface area contributed by atoms with E-state index in [1.54, 1.807) is 6.07 Å². The third kappa shape index (κ3) is 5.69. The van der Waals surface area contributed by atoms with Crippen molar-refractivity contribution in [2.75, 3.05) is 26.2 Å². The first-order chi connectivity index (χ1) is 16.8. The molecule has 2 aliphatic rings. The Labute approximate surface area is 209 Å². The fourth-order valence-corrected chi connectivity index (χ4v) is 5.05. The molecule has 0 aliphatic carbocycles. The van der Waals surface area contributed by atoms with Gasteiger partial charge in [0.25, 0.3) is 5.91 Å². The predicted octanol–water partition coefficient (Wildman–Crippen LogP) is 4.37. The largest absolute Gasteiger partial charge is 0.368 e. The molecule has 4 rings (SSSR count). The average Bonchev–Trinajstić information content (AvgIpc) is 3.37. The lowest BCUT2D eigenvalue weighted by atomic mass is 9.96. The number of halogens is 2. The normalized spacial score (nSPS) is 20.6. The van der Waals surface area contributed by atoms with E-state index in [-0.39, 0.29) is 41.6 Å². The highest BCUT2D eigenvalue weighted by Gasteiger charge is 2.34. The highest BCUT2D eigenvalue weighted by atomic mass is 35.5. The Morgan fingerprint density at radius 2 is 2.06 bits per heavy atom. The number of amides is 1. The highest BCUT2D eigenvalue weighted by Crippen LogP contribution is 2.26. The summed E-state index contributed by atoms with van der Waals surface area (Å²) in [7, 11) is 0. The maximum atomic E-state index is 13.9. The van der Waals surface area contributed by atoms with E-state index >= 15 is 0 Å². The first-order valence-electron chi connectivity index (χ1n) is 11.8. The molecule has 1 amide bonds. The number of hydrogen-bond acceptors (Lipinski definition) is 5. The van der Waals surface area contributed by atoms with E-state index in [0.717, 1.165) is 48.7 Å². The fraction of sp³-hybridized carbons (Fsp3) is 0.462.